The maximum absolute atomic E-state index is 14.2. The summed E-state index contributed by atoms with van der Waals surface area (Å²) in [6, 6.07) is 7.01. The molecule has 0 aliphatic rings. The van der Waals surface area contributed by atoms with Gasteiger partial charge in [0.05, 0.1) is 27.9 Å². The Hall–Kier alpha value is -3.12. The van der Waals surface area contributed by atoms with Crippen LogP contribution in [0.15, 0.2) is 45.8 Å². The molecule has 3 aromatic rings. The van der Waals surface area contributed by atoms with E-state index in [2.05, 4.69) is 20.9 Å². The quantitative estimate of drug-likeness (QED) is 0.0890. The minimum Gasteiger partial charge on any atom is -0.413 e. The predicted molar refractivity (Wildman–Crippen MR) is 123 cm³/mol. The molecule has 0 aliphatic carbocycles. The summed E-state index contributed by atoms with van der Waals surface area (Å²) in [5.74, 6) is -12.1. The van der Waals surface area contributed by atoms with Crippen molar-refractivity contribution < 1.29 is 40.4 Å². The summed E-state index contributed by atoms with van der Waals surface area (Å²) in [6.07, 6.45) is 3.74. The maximum Gasteiger partial charge on any atom is 0.257 e. The Morgan fingerprint density at radius 3 is 2.20 bits per heavy atom. The van der Waals surface area contributed by atoms with E-state index in [-0.39, 0.29) is 15.1 Å². The average molecular weight is 578 g/mol. The van der Waals surface area contributed by atoms with Gasteiger partial charge in [-0.1, -0.05) is 12.2 Å². The molecule has 184 valence electrons. The number of rotatable bonds is 8. The van der Waals surface area contributed by atoms with Crippen molar-refractivity contribution in [3.05, 3.63) is 81.1 Å². The van der Waals surface area contributed by atoms with Gasteiger partial charge in [-0.25, -0.2) is 13.2 Å². The summed E-state index contributed by atoms with van der Waals surface area (Å²) in [5, 5.41) is 0. The molecule has 0 aromatic heterocycles. The van der Waals surface area contributed by atoms with Crippen LogP contribution in [0.1, 0.15) is 18.1 Å². The van der Waals surface area contributed by atoms with E-state index in [0.717, 1.165) is 0 Å². The zero-order chi connectivity index (χ0) is 25.9. The highest BCUT2D eigenvalue weighted by Crippen LogP contribution is 2.41. The molecular formula is C23H14BrF6NO3S. The highest BCUT2D eigenvalue weighted by molar-refractivity contribution is 9.10. The summed E-state index contributed by atoms with van der Waals surface area (Å²) < 4.78 is 86.6. The van der Waals surface area contributed by atoms with Crippen LogP contribution in [0.5, 0.6) is 11.5 Å². The summed E-state index contributed by atoms with van der Waals surface area (Å²) in [6.45, 7) is 3.38. The second-order valence-electron chi connectivity index (χ2n) is 6.91. The van der Waals surface area contributed by atoms with Gasteiger partial charge >= 0.3 is 0 Å². The number of nitrogens with zero attached hydrogens (tertiary/aromatic N) is 1. The second-order valence-corrected chi connectivity index (χ2v) is 8.57. The third-order valence-corrected chi connectivity index (χ3v) is 5.99. The minimum atomic E-state index is -2.26. The van der Waals surface area contributed by atoms with Gasteiger partial charge in [-0.2, -0.15) is 8.78 Å². The molecule has 0 N–H and O–H groups in total. The fraction of sp³-hybridized carbons (Fsp3) is 0.0870. The molecule has 0 saturated carbocycles. The molecule has 3 aromatic carbocycles. The Labute approximate surface area is 208 Å². The lowest BCUT2D eigenvalue weighted by atomic mass is 10.1. The van der Waals surface area contributed by atoms with E-state index in [4.69, 9.17) is 4.18 Å². The molecule has 0 saturated heterocycles. The number of carbonyl (C=O) groups excluding carboxylic acids is 1. The van der Waals surface area contributed by atoms with Gasteiger partial charge in [0.1, 0.15) is 5.82 Å². The van der Waals surface area contributed by atoms with E-state index < -0.39 is 40.6 Å². The first-order valence-electron chi connectivity index (χ1n) is 9.60. The number of amides is 1. The monoisotopic (exact) mass is 577 g/mol. The number of halogens is 7. The van der Waals surface area contributed by atoms with Crippen molar-refractivity contribution in [2.45, 2.75) is 18.7 Å². The fourth-order valence-electron chi connectivity index (χ4n) is 3.08. The Kier molecular flexibility index (Phi) is 8.39. The van der Waals surface area contributed by atoms with Gasteiger partial charge < -0.3 is 4.18 Å². The number of benzene rings is 3. The Morgan fingerprint density at radius 2 is 1.60 bits per heavy atom. The van der Waals surface area contributed by atoms with Gasteiger partial charge in [0.15, 0.2) is 0 Å². The lowest BCUT2D eigenvalue weighted by molar-refractivity contribution is -0.106. The molecule has 0 bridgehead atoms. The van der Waals surface area contributed by atoms with Crippen molar-refractivity contribution >= 4 is 51.8 Å². The van der Waals surface area contributed by atoms with Gasteiger partial charge in [0, 0.05) is 9.42 Å². The van der Waals surface area contributed by atoms with Crippen molar-refractivity contribution in [1.82, 2.24) is 0 Å². The number of hydrogen-bond acceptors (Lipinski definition) is 4. The number of anilines is 2. The van der Waals surface area contributed by atoms with Crippen LogP contribution in [-0.2, 0) is 4.79 Å². The van der Waals surface area contributed by atoms with Crippen LogP contribution in [0.3, 0.4) is 0 Å². The Morgan fingerprint density at radius 1 is 0.943 bits per heavy atom. The van der Waals surface area contributed by atoms with Crippen molar-refractivity contribution in [1.29, 1.82) is 0 Å². The predicted octanol–water partition coefficient (Wildman–Crippen LogP) is 8.13. The zero-order valence-corrected chi connectivity index (χ0v) is 20.2. The average Bonchev–Trinajstić information content (AvgIpc) is 2.84. The molecule has 12 heteroatoms. The van der Waals surface area contributed by atoms with E-state index >= 15 is 0 Å². The number of allylic oxidation sites excluding steroid dienone is 1. The fourth-order valence-corrected chi connectivity index (χ4v) is 4.16. The molecule has 0 heterocycles. The van der Waals surface area contributed by atoms with Crippen LogP contribution in [0, 0.1) is 36.0 Å². The third-order valence-electron chi connectivity index (χ3n) is 4.69. The van der Waals surface area contributed by atoms with E-state index in [1.54, 1.807) is 26.0 Å². The van der Waals surface area contributed by atoms with Gasteiger partial charge in [-0.3, -0.25) is 14.6 Å². The largest absolute Gasteiger partial charge is 0.413 e. The normalized spacial score (nSPS) is 11.1. The van der Waals surface area contributed by atoms with Crippen molar-refractivity contribution in [2.24, 2.45) is 0 Å². The summed E-state index contributed by atoms with van der Waals surface area (Å²) >= 11 is 3.45. The second kappa shape index (κ2) is 11.1. The highest BCUT2D eigenvalue weighted by Gasteiger charge is 2.29. The van der Waals surface area contributed by atoms with E-state index in [1.165, 1.54) is 35.2 Å². The highest BCUT2D eigenvalue weighted by atomic mass is 79.9. The molecular weight excluding hydrogens is 564 g/mol. The van der Waals surface area contributed by atoms with Crippen molar-refractivity contribution in [3.63, 3.8) is 0 Å². The Bertz CT molecular complexity index is 1320. The van der Waals surface area contributed by atoms with Gasteiger partial charge in [-0.05, 0) is 71.2 Å². The molecule has 0 aliphatic heterocycles. The van der Waals surface area contributed by atoms with Crippen LogP contribution in [0.25, 0.3) is 6.08 Å². The van der Waals surface area contributed by atoms with Crippen LogP contribution in [0.4, 0.5) is 37.9 Å². The van der Waals surface area contributed by atoms with Gasteiger partial charge in [-0.15, -0.1) is 0 Å². The van der Waals surface area contributed by atoms with Crippen molar-refractivity contribution in [3.8, 4) is 11.5 Å². The lowest BCUT2D eigenvalue weighted by Crippen LogP contribution is -2.17. The van der Waals surface area contributed by atoms with E-state index in [9.17, 15) is 31.3 Å². The topological polar surface area (TPSA) is 38.8 Å². The molecule has 0 fully saturated rings. The minimum absolute atomic E-state index is 0.222. The SMILES string of the molecule is C/C=C\c1cc(SOc2c(F)c(F)c(F)c(F)c2OF)ccc1N(C=O)c1cc(F)c(Br)cc1C. The zero-order valence-electron chi connectivity index (χ0n) is 17.8. The van der Waals surface area contributed by atoms with Crippen LogP contribution < -0.4 is 14.0 Å². The molecule has 4 nitrogen and oxygen atoms in total. The maximum atomic E-state index is 14.2. The smallest absolute Gasteiger partial charge is 0.257 e. The first kappa shape index (κ1) is 26.5. The lowest BCUT2D eigenvalue weighted by Gasteiger charge is -2.23. The summed E-state index contributed by atoms with van der Waals surface area (Å²) in [5.41, 5.74) is 1.63. The van der Waals surface area contributed by atoms with Crippen LogP contribution in [-0.4, -0.2) is 6.41 Å². The van der Waals surface area contributed by atoms with E-state index in [0.29, 0.717) is 35.3 Å². The molecule has 1 amide bonds. The summed E-state index contributed by atoms with van der Waals surface area (Å²) in [7, 11) is 0. The van der Waals surface area contributed by atoms with Gasteiger partial charge in [0.2, 0.25) is 35.4 Å². The molecule has 35 heavy (non-hydrogen) atoms. The summed E-state index contributed by atoms with van der Waals surface area (Å²) in [4.78, 5) is 16.5. The first-order valence-corrected chi connectivity index (χ1v) is 11.1. The third kappa shape index (κ3) is 5.27. The van der Waals surface area contributed by atoms with Gasteiger partial charge in [0.25, 0.3) is 5.75 Å². The Balaban J connectivity index is 2.00. The van der Waals surface area contributed by atoms with Crippen LogP contribution >= 0.6 is 28.0 Å². The molecule has 3 rings (SSSR count). The molecule has 0 spiro atoms. The number of hydrogen-bond donors (Lipinski definition) is 0. The number of carbonyl (C=O) groups is 1. The first-order chi connectivity index (χ1) is 16.6. The standard InChI is InChI=1S/C23H14BrF6NO3S/c1-3-4-12-8-13(35-34-23-21(29)19(27)18(26)20(28)22(23)33-30)5-6-16(12)31(10-32)17-9-15(25)14(24)7-11(17)2/h3-10H,1-2H3/b4-3-. The van der Waals surface area contributed by atoms with Crippen LogP contribution in [0.2, 0.25) is 0 Å². The molecule has 0 unspecified atom stereocenters. The number of aryl methyl sites for hydroxylation is 1. The molecule has 0 radical (unpaired) electrons. The van der Waals surface area contributed by atoms with Crippen molar-refractivity contribution in [2.75, 3.05) is 4.90 Å². The molecule has 0 atom stereocenters. The van der Waals surface area contributed by atoms with E-state index in [1.807, 2.05) is 0 Å².